The van der Waals surface area contributed by atoms with Gasteiger partial charge in [0.15, 0.2) is 6.10 Å². The zero-order chi connectivity index (χ0) is 19.2. The van der Waals surface area contributed by atoms with Gasteiger partial charge in [-0.1, -0.05) is 47.8 Å². The van der Waals surface area contributed by atoms with Gasteiger partial charge in [0.1, 0.15) is 9.96 Å². The lowest BCUT2D eigenvalue weighted by molar-refractivity contribution is -0.128. The summed E-state index contributed by atoms with van der Waals surface area (Å²) in [4.78, 5) is 29.0. The second-order valence-corrected chi connectivity index (χ2v) is 8.08. The van der Waals surface area contributed by atoms with Crippen molar-refractivity contribution in [2.75, 3.05) is 18.8 Å². The number of furan rings is 1. The average molecular weight is 405 g/mol. The quantitative estimate of drug-likeness (QED) is 0.561. The highest BCUT2D eigenvalue weighted by Gasteiger charge is 2.26. The summed E-state index contributed by atoms with van der Waals surface area (Å²) in [6.45, 7) is 6.20. The van der Waals surface area contributed by atoms with Gasteiger partial charge in [0.05, 0.1) is 6.54 Å². The summed E-state index contributed by atoms with van der Waals surface area (Å²) in [7, 11) is 0. The van der Waals surface area contributed by atoms with Crippen molar-refractivity contribution >= 4 is 50.7 Å². The van der Waals surface area contributed by atoms with Crippen molar-refractivity contribution in [2.45, 2.75) is 18.8 Å². The summed E-state index contributed by atoms with van der Waals surface area (Å²) in [5, 5.41) is 3.47. The van der Waals surface area contributed by atoms with E-state index in [1.54, 1.807) is 29.6 Å². The molecule has 2 heterocycles. The zero-order valence-electron chi connectivity index (χ0n) is 14.9. The largest absolute Gasteiger partial charge is 0.449 e. The van der Waals surface area contributed by atoms with Crippen LogP contribution in [0.5, 0.6) is 0 Å². The van der Waals surface area contributed by atoms with Crippen LogP contribution in [0, 0.1) is 0 Å². The van der Waals surface area contributed by atoms with Crippen LogP contribution in [0.4, 0.5) is 0 Å². The summed E-state index contributed by atoms with van der Waals surface area (Å²) in [5.41, 5.74) is 1.37. The predicted octanol–water partition coefficient (Wildman–Crippen LogP) is 3.62. The average Bonchev–Trinajstić information content (AvgIpc) is 3.31. The summed E-state index contributed by atoms with van der Waals surface area (Å²) in [6.07, 6.45) is 0.631. The molecule has 27 heavy (non-hydrogen) atoms. The first-order valence-corrected chi connectivity index (χ1v) is 10.5. The number of aliphatic imine (C=N–C) groups is 1. The number of amides is 1. The van der Waals surface area contributed by atoms with Crippen LogP contribution < -0.4 is 5.32 Å². The van der Waals surface area contributed by atoms with Crippen LogP contribution in [-0.4, -0.2) is 41.2 Å². The van der Waals surface area contributed by atoms with E-state index in [1.165, 1.54) is 6.92 Å². The molecule has 1 atom stereocenters. The van der Waals surface area contributed by atoms with Crippen LogP contribution in [-0.2, 0) is 15.3 Å². The van der Waals surface area contributed by atoms with Crippen molar-refractivity contribution < 1.29 is 18.7 Å². The van der Waals surface area contributed by atoms with E-state index in [0.29, 0.717) is 17.9 Å². The van der Waals surface area contributed by atoms with Crippen LogP contribution in [0.25, 0.3) is 11.0 Å². The smallest absolute Gasteiger partial charge is 0.375 e. The lowest BCUT2D eigenvalue weighted by Gasteiger charge is -2.12. The number of thioether (sulfide) groups is 2. The molecule has 1 aliphatic rings. The molecule has 0 saturated carbocycles. The summed E-state index contributed by atoms with van der Waals surface area (Å²) < 4.78 is 12.1. The molecule has 0 unspecified atom stereocenters. The minimum Gasteiger partial charge on any atom is -0.449 e. The molecule has 3 rings (SSSR count). The zero-order valence-corrected chi connectivity index (χ0v) is 16.5. The third kappa shape index (κ3) is 4.75. The van der Waals surface area contributed by atoms with Gasteiger partial charge in [-0.15, -0.1) is 6.58 Å². The first kappa shape index (κ1) is 19.6. The molecule has 0 saturated heterocycles. The monoisotopic (exact) mass is 404 g/mol. The summed E-state index contributed by atoms with van der Waals surface area (Å²) in [6, 6.07) is 7.46. The lowest BCUT2D eigenvalue weighted by Crippen LogP contribution is -2.35. The number of hydrogen-bond acceptors (Lipinski definition) is 7. The van der Waals surface area contributed by atoms with Crippen molar-refractivity contribution in [1.29, 1.82) is 0 Å². The number of nitrogens with one attached hydrogen (secondary N) is 1. The van der Waals surface area contributed by atoms with Crippen LogP contribution in [0.1, 0.15) is 23.0 Å². The normalized spacial score (nSPS) is 14.6. The minimum atomic E-state index is -0.930. The number of benzene rings is 1. The van der Waals surface area contributed by atoms with Gasteiger partial charge in [0.2, 0.25) is 5.76 Å². The third-order valence-corrected chi connectivity index (χ3v) is 6.13. The Morgan fingerprint density at radius 3 is 3.04 bits per heavy atom. The van der Waals surface area contributed by atoms with Crippen molar-refractivity contribution in [1.82, 2.24) is 5.32 Å². The topological polar surface area (TPSA) is 80.9 Å². The maximum atomic E-state index is 12.7. The lowest BCUT2D eigenvalue weighted by atomic mass is 10.1. The number of carbonyl (C=O) groups excluding carboxylic acids is 2. The number of esters is 1. The van der Waals surface area contributed by atoms with Crippen molar-refractivity contribution in [3.8, 4) is 0 Å². The van der Waals surface area contributed by atoms with Crippen LogP contribution >= 0.6 is 23.5 Å². The van der Waals surface area contributed by atoms with E-state index >= 15 is 0 Å². The number of fused-ring (bicyclic) bond motifs is 1. The Hall–Kier alpha value is -2.19. The fraction of sp³-hybridized carbons (Fsp3) is 0.316. The number of ether oxygens (including phenoxy) is 1. The number of hydrogen-bond donors (Lipinski definition) is 1. The van der Waals surface area contributed by atoms with Crippen LogP contribution in [0.2, 0.25) is 0 Å². The first-order chi connectivity index (χ1) is 13.1. The summed E-state index contributed by atoms with van der Waals surface area (Å²) >= 11 is 3.29. The standard InChI is InChI=1S/C19H20N2O4S2/c1-3-8-20-17(22)12(2)24-18(23)16-14(11-27-19-21-9-10-26-19)13-6-4-5-7-15(13)25-16/h3-7,12H,1,8-11H2,2H3,(H,20,22)/t12-/m1/s1. The number of nitrogens with zero attached hydrogens (tertiary/aromatic N) is 1. The second kappa shape index (κ2) is 9.14. The highest BCUT2D eigenvalue weighted by atomic mass is 32.2. The third-order valence-electron chi connectivity index (χ3n) is 3.86. The van der Waals surface area contributed by atoms with Crippen LogP contribution in [0.3, 0.4) is 0 Å². The Morgan fingerprint density at radius 1 is 1.48 bits per heavy atom. The highest BCUT2D eigenvalue weighted by Crippen LogP contribution is 2.33. The van der Waals surface area contributed by atoms with Gasteiger partial charge in [0.25, 0.3) is 5.91 Å². The Morgan fingerprint density at radius 2 is 2.30 bits per heavy atom. The molecule has 0 aliphatic carbocycles. The number of rotatable bonds is 7. The Labute approximate surface area is 165 Å². The molecule has 142 valence electrons. The van der Waals surface area contributed by atoms with Gasteiger partial charge < -0.3 is 14.5 Å². The van der Waals surface area contributed by atoms with Crippen LogP contribution in [0.15, 0.2) is 46.3 Å². The first-order valence-electron chi connectivity index (χ1n) is 8.50. The molecule has 8 heteroatoms. The van der Waals surface area contributed by atoms with E-state index in [9.17, 15) is 9.59 Å². The molecule has 1 aliphatic heterocycles. The van der Waals surface area contributed by atoms with Crippen molar-refractivity contribution in [2.24, 2.45) is 4.99 Å². The van der Waals surface area contributed by atoms with Gasteiger partial charge in [-0.3, -0.25) is 9.79 Å². The molecular formula is C19H20N2O4S2. The SMILES string of the molecule is C=CCNC(=O)[C@@H](C)OC(=O)c1oc2ccccc2c1CSC1=NCCS1. The Bertz CT molecular complexity index is 891. The molecule has 1 amide bonds. The van der Waals surface area contributed by atoms with Gasteiger partial charge in [-0.05, 0) is 13.0 Å². The van der Waals surface area contributed by atoms with E-state index in [4.69, 9.17) is 9.15 Å². The van der Waals surface area contributed by atoms with E-state index in [1.807, 2.05) is 24.3 Å². The van der Waals surface area contributed by atoms with E-state index in [-0.39, 0.29) is 11.7 Å². The Kier molecular flexibility index (Phi) is 6.63. The molecule has 1 aromatic carbocycles. The molecule has 1 aromatic heterocycles. The number of carbonyl (C=O) groups is 2. The fourth-order valence-corrected chi connectivity index (χ4v) is 4.56. The molecule has 1 N–H and O–H groups in total. The predicted molar refractivity (Wildman–Crippen MR) is 110 cm³/mol. The summed E-state index contributed by atoms with van der Waals surface area (Å²) in [5.74, 6) is 0.636. The molecular weight excluding hydrogens is 384 g/mol. The van der Waals surface area contributed by atoms with Crippen molar-refractivity contribution in [3.05, 3.63) is 48.2 Å². The van der Waals surface area contributed by atoms with Gasteiger partial charge in [0, 0.05) is 29.0 Å². The van der Waals surface area contributed by atoms with Gasteiger partial charge in [-0.25, -0.2) is 4.79 Å². The molecule has 0 radical (unpaired) electrons. The Balaban J connectivity index is 1.79. The number of para-hydroxylation sites is 1. The molecule has 6 nitrogen and oxygen atoms in total. The van der Waals surface area contributed by atoms with Crippen molar-refractivity contribution in [3.63, 3.8) is 0 Å². The molecule has 2 aromatic rings. The molecule has 0 bridgehead atoms. The maximum Gasteiger partial charge on any atom is 0.375 e. The van der Waals surface area contributed by atoms with E-state index < -0.39 is 12.1 Å². The molecule has 0 fully saturated rings. The second-order valence-electron chi connectivity index (χ2n) is 5.77. The van der Waals surface area contributed by atoms with Gasteiger partial charge in [-0.2, -0.15) is 0 Å². The van der Waals surface area contributed by atoms with Gasteiger partial charge >= 0.3 is 5.97 Å². The highest BCUT2D eigenvalue weighted by molar-refractivity contribution is 8.38. The fourth-order valence-electron chi connectivity index (χ4n) is 2.53. The molecule has 0 spiro atoms. The minimum absolute atomic E-state index is 0.135. The van der Waals surface area contributed by atoms with E-state index in [2.05, 4.69) is 16.9 Å². The van der Waals surface area contributed by atoms with E-state index in [0.717, 1.165) is 27.6 Å². The maximum absolute atomic E-state index is 12.7.